The number of ether oxygens (including phenoxy) is 1. The van der Waals surface area contributed by atoms with Gasteiger partial charge in [0.15, 0.2) is 0 Å². The molecule has 2 unspecified atom stereocenters. The van der Waals surface area contributed by atoms with Gasteiger partial charge >= 0.3 is 0 Å². The van der Waals surface area contributed by atoms with Gasteiger partial charge in [-0.15, -0.1) is 0 Å². The first-order valence-corrected chi connectivity index (χ1v) is 3.54. The Hall–Kier alpha value is -0.570. The lowest BCUT2D eigenvalue weighted by molar-refractivity contribution is -0.133. The molecule has 0 saturated carbocycles. The van der Waals surface area contributed by atoms with E-state index < -0.39 is 0 Å². The van der Waals surface area contributed by atoms with Crippen LogP contribution < -0.4 is 5.32 Å². The van der Waals surface area contributed by atoms with Gasteiger partial charge in [-0.05, 0) is 20.4 Å². The molecule has 0 bridgehead atoms. The van der Waals surface area contributed by atoms with Gasteiger partial charge in [-0.1, -0.05) is 6.92 Å². The molecule has 0 aliphatic carbocycles. The molecule has 0 saturated heterocycles. The van der Waals surface area contributed by atoms with Crippen molar-refractivity contribution in [3.8, 4) is 0 Å². The zero-order chi connectivity index (χ0) is 7.98. The lowest BCUT2D eigenvalue weighted by atomic mass is 10.2. The third kappa shape index (κ3) is 3.45. The van der Waals surface area contributed by atoms with Crippen molar-refractivity contribution in [2.24, 2.45) is 0 Å². The van der Waals surface area contributed by atoms with E-state index in [1.165, 1.54) is 0 Å². The van der Waals surface area contributed by atoms with Crippen LogP contribution in [0.4, 0.5) is 0 Å². The Balaban J connectivity index is 3.47. The minimum Gasteiger partial charge on any atom is -0.463 e. The summed E-state index contributed by atoms with van der Waals surface area (Å²) < 4.78 is 4.71. The average Bonchev–Trinajstić information content (AvgIpc) is 1.89. The highest BCUT2D eigenvalue weighted by Gasteiger charge is 2.09. The molecule has 0 heterocycles. The van der Waals surface area contributed by atoms with Crippen LogP contribution in [0.3, 0.4) is 0 Å². The largest absolute Gasteiger partial charge is 0.463 e. The Labute approximate surface area is 61.8 Å². The molecule has 0 fully saturated rings. The molecular weight excluding hydrogens is 130 g/mol. The minimum absolute atomic E-state index is 0.0440. The van der Waals surface area contributed by atoms with Crippen LogP contribution in [0.15, 0.2) is 0 Å². The fourth-order valence-electron chi connectivity index (χ4n) is 0.693. The maximum absolute atomic E-state index is 9.87. The summed E-state index contributed by atoms with van der Waals surface area (Å²) in [5.41, 5.74) is 0. The zero-order valence-electron chi connectivity index (χ0n) is 6.76. The molecule has 0 aromatic carbocycles. The molecule has 60 valence electrons. The topological polar surface area (TPSA) is 38.3 Å². The van der Waals surface area contributed by atoms with Gasteiger partial charge in [0.05, 0.1) is 0 Å². The highest BCUT2D eigenvalue weighted by atomic mass is 16.5. The summed E-state index contributed by atoms with van der Waals surface area (Å²) in [6.45, 7) is 7.25. The van der Waals surface area contributed by atoms with E-state index in [0.717, 1.165) is 6.54 Å². The van der Waals surface area contributed by atoms with Gasteiger partial charge in [0.2, 0.25) is 0 Å². The Bertz CT molecular complexity index is 95.6. The van der Waals surface area contributed by atoms with Gasteiger partial charge in [0, 0.05) is 6.04 Å². The van der Waals surface area contributed by atoms with Gasteiger partial charge in [0.1, 0.15) is 6.10 Å². The molecule has 0 amide bonds. The smallest absolute Gasteiger partial charge is 0.293 e. The first kappa shape index (κ1) is 9.43. The summed E-state index contributed by atoms with van der Waals surface area (Å²) in [4.78, 5) is 9.87. The summed E-state index contributed by atoms with van der Waals surface area (Å²) in [5.74, 6) is 0. The van der Waals surface area contributed by atoms with Crippen molar-refractivity contribution in [3.63, 3.8) is 0 Å². The predicted octanol–water partition coefficient (Wildman–Crippen LogP) is 0.546. The number of carbonyl (C=O) groups is 1. The summed E-state index contributed by atoms with van der Waals surface area (Å²) in [5, 5.41) is 3.15. The summed E-state index contributed by atoms with van der Waals surface area (Å²) >= 11 is 0. The molecule has 3 heteroatoms. The van der Waals surface area contributed by atoms with Crippen molar-refractivity contribution in [2.75, 3.05) is 6.54 Å². The summed E-state index contributed by atoms with van der Waals surface area (Å²) in [7, 11) is 0. The van der Waals surface area contributed by atoms with Crippen LogP contribution in [0.1, 0.15) is 20.8 Å². The van der Waals surface area contributed by atoms with E-state index in [2.05, 4.69) is 5.32 Å². The van der Waals surface area contributed by atoms with Gasteiger partial charge in [-0.2, -0.15) is 0 Å². The standard InChI is InChI=1S/C7H15NO2/c1-4-8-6(2)7(3)10-5-9/h5-8H,4H2,1-3H3. The Morgan fingerprint density at radius 1 is 1.60 bits per heavy atom. The van der Waals surface area contributed by atoms with Gasteiger partial charge in [-0.25, -0.2) is 0 Å². The van der Waals surface area contributed by atoms with Gasteiger partial charge in [0.25, 0.3) is 6.47 Å². The van der Waals surface area contributed by atoms with E-state index in [1.54, 1.807) is 0 Å². The van der Waals surface area contributed by atoms with Crippen LogP contribution in [0.5, 0.6) is 0 Å². The fourth-order valence-corrected chi connectivity index (χ4v) is 0.693. The molecule has 0 aromatic rings. The second-order valence-electron chi connectivity index (χ2n) is 2.28. The molecule has 0 spiro atoms. The molecule has 3 nitrogen and oxygen atoms in total. The van der Waals surface area contributed by atoms with Gasteiger partial charge in [-0.3, -0.25) is 4.79 Å². The third-order valence-electron chi connectivity index (χ3n) is 1.50. The normalized spacial score (nSPS) is 15.9. The van der Waals surface area contributed by atoms with E-state index >= 15 is 0 Å². The molecule has 0 aliphatic rings. The molecule has 0 radical (unpaired) electrons. The second kappa shape index (κ2) is 5.23. The second-order valence-corrected chi connectivity index (χ2v) is 2.28. The maximum atomic E-state index is 9.87. The van der Waals surface area contributed by atoms with E-state index in [1.807, 2.05) is 20.8 Å². The maximum Gasteiger partial charge on any atom is 0.293 e. The van der Waals surface area contributed by atoms with Crippen molar-refractivity contribution in [3.05, 3.63) is 0 Å². The first-order valence-electron chi connectivity index (χ1n) is 3.54. The number of carbonyl (C=O) groups excluding carboxylic acids is 1. The number of likely N-dealkylation sites (N-methyl/N-ethyl adjacent to an activating group) is 1. The van der Waals surface area contributed by atoms with Gasteiger partial charge < -0.3 is 10.1 Å². The van der Waals surface area contributed by atoms with Crippen molar-refractivity contribution >= 4 is 6.47 Å². The third-order valence-corrected chi connectivity index (χ3v) is 1.50. The molecule has 0 aromatic heterocycles. The molecular formula is C7H15NO2. The molecule has 1 N–H and O–H groups in total. The van der Waals surface area contributed by atoms with Crippen LogP contribution in [-0.2, 0) is 9.53 Å². The SMILES string of the molecule is CCNC(C)C(C)OC=O. The van der Waals surface area contributed by atoms with Crippen molar-refractivity contribution in [1.82, 2.24) is 5.32 Å². The van der Waals surface area contributed by atoms with Crippen LogP contribution in [0.25, 0.3) is 0 Å². The van der Waals surface area contributed by atoms with E-state index in [4.69, 9.17) is 4.74 Å². The highest BCUT2D eigenvalue weighted by Crippen LogP contribution is 1.94. The van der Waals surface area contributed by atoms with E-state index in [9.17, 15) is 4.79 Å². The monoisotopic (exact) mass is 145 g/mol. The summed E-state index contributed by atoms with van der Waals surface area (Å²) in [6, 6.07) is 0.232. The summed E-state index contributed by atoms with van der Waals surface area (Å²) in [6.07, 6.45) is -0.0440. The average molecular weight is 145 g/mol. The van der Waals surface area contributed by atoms with Crippen molar-refractivity contribution in [2.45, 2.75) is 32.9 Å². The number of nitrogens with one attached hydrogen (secondary N) is 1. The Morgan fingerprint density at radius 2 is 2.20 bits per heavy atom. The Morgan fingerprint density at radius 3 is 2.60 bits per heavy atom. The van der Waals surface area contributed by atoms with Crippen LogP contribution >= 0.6 is 0 Å². The lowest BCUT2D eigenvalue weighted by Gasteiger charge is -2.18. The molecule has 0 rings (SSSR count). The molecule has 0 aliphatic heterocycles. The molecule has 10 heavy (non-hydrogen) atoms. The lowest BCUT2D eigenvalue weighted by Crippen LogP contribution is -2.36. The zero-order valence-corrected chi connectivity index (χ0v) is 6.76. The first-order chi connectivity index (χ1) is 4.72. The predicted molar refractivity (Wildman–Crippen MR) is 39.7 cm³/mol. The minimum atomic E-state index is -0.0440. The van der Waals surface area contributed by atoms with Crippen LogP contribution in [0.2, 0.25) is 0 Å². The number of hydrogen-bond acceptors (Lipinski definition) is 3. The van der Waals surface area contributed by atoms with Crippen molar-refractivity contribution < 1.29 is 9.53 Å². The van der Waals surface area contributed by atoms with E-state index in [-0.39, 0.29) is 12.1 Å². The number of hydrogen-bond donors (Lipinski definition) is 1. The highest BCUT2D eigenvalue weighted by molar-refractivity contribution is 5.37. The van der Waals surface area contributed by atoms with Crippen molar-refractivity contribution in [1.29, 1.82) is 0 Å². The fraction of sp³-hybridized carbons (Fsp3) is 0.857. The van der Waals surface area contributed by atoms with E-state index in [0.29, 0.717) is 6.47 Å². The van der Waals surface area contributed by atoms with Crippen LogP contribution in [-0.4, -0.2) is 25.2 Å². The quantitative estimate of drug-likeness (QED) is 0.574. The Kier molecular flexibility index (Phi) is 4.94. The molecule has 2 atom stereocenters. The number of rotatable bonds is 5. The van der Waals surface area contributed by atoms with Crippen LogP contribution in [0, 0.1) is 0 Å².